The summed E-state index contributed by atoms with van der Waals surface area (Å²) in [6, 6.07) is 5.00. The molecule has 0 radical (unpaired) electrons. The van der Waals surface area contributed by atoms with Gasteiger partial charge in [-0.3, -0.25) is 9.59 Å². The van der Waals surface area contributed by atoms with Crippen molar-refractivity contribution in [3.8, 4) is 6.07 Å². The second kappa shape index (κ2) is 8.27. The monoisotopic (exact) mass is 392 g/mol. The fourth-order valence-corrected chi connectivity index (χ4v) is 2.93. The van der Waals surface area contributed by atoms with Crippen molar-refractivity contribution in [2.24, 2.45) is 5.73 Å². The number of hydrogen-bond donors (Lipinski definition) is 3. The molecule has 0 fully saturated rings. The van der Waals surface area contributed by atoms with Crippen LogP contribution in [0.2, 0.25) is 0 Å². The highest BCUT2D eigenvalue weighted by molar-refractivity contribution is 5.91. The van der Waals surface area contributed by atoms with Gasteiger partial charge in [-0.1, -0.05) is 0 Å². The molecule has 0 aliphatic carbocycles. The fraction of sp³-hybridized carbons (Fsp3) is 0.316. The molecule has 1 amide bonds. The lowest BCUT2D eigenvalue weighted by Gasteiger charge is -2.13. The number of alkyl halides is 3. The van der Waals surface area contributed by atoms with Crippen LogP contribution in [0.25, 0.3) is 0 Å². The molecule has 1 aromatic heterocycles. The van der Waals surface area contributed by atoms with E-state index in [2.05, 4.69) is 10.3 Å². The van der Waals surface area contributed by atoms with Crippen LogP contribution in [0.3, 0.4) is 0 Å². The molecule has 0 atom stereocenters. The number of pyridine rings is 1. The van der Waals surface area contributed by atoms with E-state index >= 15 is 0 Å². The third-order valence-electron chi connectivity index (χ3n) is 4.36. The lowest BCUT2D eigenvalue weighted by Crippen LogP contribution is -2.19. The van der Waals surface area contributed by atoms with Crippen molar-refractivity contribution in [3.05, 3.63) is 62.1 Å². The van der Waals surface area contributed by atoms with Gasteiger partial charge in [-0.05, 0) is 55.2 Å². The summed E-state index contributed by atoms with van der Waals surface area (Å²) in [6.07, 6.45) is -4.37. The quantitative estimate of drug-likeness (QED) is 0.726. The minimum atomic E-state index is -4.55. The minimum absolute atomic E-state index is 0.00732. The zero-order valence-electron chi connectivity index (χ0n) is 15.3. The number of rotatable bonds is 5. The highest BCUT2D eigenvalue weighted by Gasteiger charge is 2.31. The second-order valence-electron chi connectivity index (χ2n) is 6.34. The normalized spacial score (nSPS) is 11.2. The molecule has 148 valence electrons. The van der Waals surface area contributed by atoms with Gasteiger partial charge in [-0.2, -0.15) is 18.4 Å². The molecule has 9 heteroatoms. The maximum atomic E-state index is 13.0. The molecule has 0 saturated heterocycles. The van der Waals surface area contributed by atoms with Crippen molar-refractivity contribution in [1.29, 1.82) is 5.26 Å². The molecular weight excluding hydrogens is 373 g/mol. The number of aryl methyl sites for hydroxylation is 1. The molecule has 0 bridgehead atoms. The highest BCUT2D eigenvalue weighted by Crippen LogP contribution is 2.32. The number of nitrogens with two attached hydrogens (primary N) is 1. The maximum absolute atomic E-state index is 13.0. The number of aromatic nitrogens is 1. The van der Waals surface area contributed by atoms with Crippen molar-refractivity contribution in [1.82, 2.24) is 4.98 Å². The van der Waals surface area contributed by atoms with Crippen molar-refractivity contribution >= 4 is 11.6 Å². The maximum Gasteiger partial charge on any atom is 0.416 e. The third kappa shape index (κ3) is 4.78. The van der Waals surface area contributed by atoms with Gasteiger partial charge in [0.15, 0.2) is 0 Å². The standard InChI is InChI=1S/C19H19F3N4O2/c1-10-15(11(2)25-18(28)16(10)9-24)3-4-17(27)26-14-6-12(8-23)5-13(7-14)19(20,21)22/h5-7H,3-4,8,23H2,1-2H3,(H,25,28)(H,26,27). The zero-order chi connectivity index (χ0) is 21.1. The van der Waals surface area contributed by atoms with Crippen LogP contribution in [0.15, 0.2) is 23.0 Å². The predicted octanol–water partition coefficient (Wildman–Crippen LogP) is 2.91. The first kappa shape index (κ1) is 21.2. The number of hydrogen-bond acceptors (Lipinski definition) is 4. The zero-order valence-corrected chi connectivity index (χ0v) is 15.3. The van der Waals surface area contributed by atoms with Gasteiger partial charge in [0.25, 0.3) is 5.56 Å². The Morgan fingerprint density at radius 3 is 2.54 bits per heavy atom. The minimum Gasteiger partial charge on any atom is -0.326 e. The van der Waals surface area contributed by atoms with E-state index in [4.69, 9.17) is 11.0 Å². The predicted molar refractivity (Wildman–Crippen MR) is 97.5 cm³/mol. The van der Waals surface area contributed by atoms with Crippen LogP contribution >= 0.6 is 0 Å². The van der Waals surface area contributed by atoms with Gasteiger partial charge in [0.05, 0.1) is 5.56 Å². The van der Waals surface area contributed by atoms with E-state index in [1.807, 2.05) is 6.07 Å². The second-order valence-corrected chi connectivity index (χ2v) is 6.34. The van der Waals surface area contributed by atoms with Crippen LogP contribution < -0.4 is 16.6 Å². The van der Waals surface area contributed by atoms with E-state index in [-0.39, 0.29) is 36.2 Å². The molecule has 28 heavy (non-hydrogen) atoms. The molecule has 0 unspecified atom stereocenters. The Morgan fingerprint density at radius 2 is 1.96 bits per heavy atom. The Bertz CT molecular complexity index is 1000. The van der Waals surface area contributed by atoms with Gasteiger partial charge in [-0.15, -0.1) is 0 Å². The number of halogens is 3. The van der Waals surface area contributed by atoms with Crippen LogP contribution in [0.4, 0.5) is 18.9 Å². The molecule has 0 aliphatic rings. The summed E-state index contributed by atoms with van der Waals surface area (Å²) in [5.41, 5.74) is 5.96. The number of H-pyrrole nitrogens is 1. The number of nitrogens with one attached hydrogen (secondary N) is 2. The Kier molecular flexibility index (Phi) is 6.26. The molecule has 6 nitrogen and oxygen atoms in total. The summed E-state index contributed by atoms with van der Waals surface area (Å²) < 4.78 is 38.9. The van der Waals surface area contributed by atoms with Gasteiger partial charge in [-0.25, -0.2) is 0 Å². The van der Waals surface area contributed by atoms with E-state index in [9.17, 15) is 22.8 Å². The molecule has 1 aromatic carbocycles. The van der Waals surface area contributed by atoms with Gasteiger partial charge >= 0.3 is 6.18 Å². The van der Waals surface area contributed by atoms with Crippen LogP contribution in [-0.4, -0.2) is 10.9 Å². The number of nitriles is 1. The molecule has 4 N–H and O–H groups in total. The first-order chi connectivity index (χ1) is 13.1. The lowest BCUT2D eigenvalue weighted by atomic mass is 9.99. The number of aromatic amines is 1. The Morgan fingerprint density at radius 1 is 1.29 bits per heavy atom. The number of carbonyl (C=O) groups is 1. The number of benzene rings is 1. The van der Waals surface area contributed by atoms with Gasteiger partial charge in [0.2, 0.25) is 5.91 Å². The van der Waals surface area contributed by atoms with Crippen molar-refractivity contribution in [3.63, 3.8) is 0 Å². The summed E-state index contributed by atoms with van der Waals surface area (Å²) in [7, 11) is 0. The topological polar surface area (TPSA) is 112 Å². The Balaban J connectivity index is 2.18. The van der Waals surface area contributed by atoms with Crippen molar-refractivity contribution in [2.75, 3.05) is 5.32 Å². The summed E-state index contributed by atoms with van der Waals surface area (Å²) >= 11 is 0. The van der Waals surface area contributed by atoms with Gasteiger partial charge in [0.1, 0.15) is 11.6 Å². The van der Waals surface area contributed by atoms with E-state index in [1.54, 1.807) is 13.8 Å². The summed E-state index contributed by atoms with van der Waals surface area (Å²) in [6.45, 7) is 3.18. The smallest absolute Gasteiger partial charge is 0.326 e. The average Bonchev–Trinajstić information content (AvgIpc) is 2.60. The van der Waals surface area contributed by atoms with Gasteiger partial charge in [0, 0.05) is 24.3 Å². The third-order valence-corrected chi connectivity index (χ3v) is 4.36. The molecule has 2 rings (SSSR count). The number of nitrogens with zero attached hydrogens (tertiary/aromatic N) is 1. The van der Waals surface area contributed by atoms with Gasteiger partial charge < -0.3 is 16.0 Å². The molecule has 0 saturated carbocycles. The molecule has 1 heterocycles. The first-order valence-electron chi connectivity index (χ1n) is 8.40. The number of carbonyl (C=O) groups excluding carboxylic acids is 1. The largest absolute Gasteiger partial charge is 0.416 e. The summed E-state index contributed by atoms with van der Waals surface area (Å²) in [5.74, 6) is -0.495. The average molecular weight is 392 g/mol. The Labute approximate surface area is 159 Å². The molecule has 0 aliphatic heterocycles. The molecular formula is C19H19F3N4O2. The fourth-order valence-electron chi connectivity index (χ4n) is 2.93. The highest BCUT2D eigenvalue weighted by atomic mass is 19.4. The summed E-state index contributed by atoms with van der Waals surface area (Å²) in [4.78, 5) is 26.5. The van der Waals surface area contributed by atoms with Crippen LogP contribution in [0.5, 0.6) is 0 Å². The first-order valence-corrected chi connectivity index (χ1v) is 8.40. The van der Waals surface area contributed by atoms with E-state index in [0.29, 0.717) is 16.8 Å². The Hall–Kier alpha value is -3.12. The van der Waals surface area contributed by atoms with Crippen molar-refractivity contribution < 1.29 is 18.0 Å². The SMILES string of the molecule is Cc1[nH]c(=O)c(C#N)c(C)c1CCC(=O)Nc1cc(CN)cc(C(F)(F)F)c1. The van der Waals surface area contributed by atoms with Crippen LogP contribution in [-0.2, 0) is 23.9 Å². The number of anilines is 1. The molecule has 0 spiro atoms. The molecule has 2 aromatic rings. The van der Waals surface area contributed by atoms with Crippen LogP contribution in [0, 0.1) is 25.2 Å². The lowest BCUT2D eigenvalue weighted by molar-refractivity contribution is -0.137. The van der Waals surface area contributed by atoms with E-state index in [0.717, 1.165) is 12.1 Å². The van der Waals surface area contributed by atoms with E-state index < -0.39 is 23.2 Å². The number of amides is 1. The van der Waals surface area contributed by atoms with E-state index in [1.165, 1.54) is 6.07 Å². The summed E-state index contributed by atoms with van der Waals surface area (Å²) in [5, 5.41) is 11.5. The van der Waals surface area contributed by atoms with Crippen molar-refractivity contribution in [2.45, 2.75) is 39.4 Å². The van der Waals surface area contributed by atoms with Crippen LogP contribution in [0.1, 0.15) is 39.9 Å².